The molecule has 30 heavy (non-hydrogen) atoms. The fourth-order valence-electron chi connectivity index (χ4n) is 2.88. The molecule has 0 atom stereocenters. The van der Waals surface area contributed by atoms with Gasteiger partial charge in [-0.2, -0.15) is 0 Å². The highest BCUT2D eigenvalue weighted by Crippen LogP contribution is 2.38. The number of hydrogen-bond acceptors (Lipinski definition) is 7. The molecule has 0 amide bonds. The highest BCUT2D eigenvalue weighted by molar-refractivity contribution is 6.01. The number of ether oxygens (including phenoxy) is 3. The van der Waals surface area contributed by atoms with Crippen molar-refractivity contribution < 1.29 is 23.8 Å². The van der Waals surface area contributed by atoms with Crippen molar-refractivity contribution in [2.24, 2.45) is 5.16 Å². The molecular formula is C22H23N3O5. The molecule has 1 heterocycles. The number of oxime groups is 1. The number of benzene rings is 2. The lowest BCUT2D eigenvalue weighted by molar-refractivity contribution is 0.0514. The molecule has 8 heteroatoms. The minimum Gasteiger partial charge on any atom is -0.493 e. The maximum Gasteiger partial charge on any atom is 0.366 e. The minimum atomic E-state index is -0.634. The van der Waals surface area contributed by atoms with E-state index in [0.717, 1.165) is 5.56 Å². The standard InChI is InChI=1S/C22H23N3O5/c1-27-19-13-17(14-20(28-2)21(19)29-3)22(26)30-24-18(16-7-5-4-6-8-16)9-11-25-12-10-23-15-25/h4-8,10,12-15H,9,11H2,1-3H3/b24-18+. The molecule has 1 aromatic heterocycles. The predicted molar refractivity (Wildman–Crippen MR) is 111 cm³/mol. The summed E-state index contributed by atoms with van der Waals surface area (Å²) < 4.78 is 17.8. The van der Waals surface area contributed by atoms with E-state index in [-0.39, 0.29) is 5.56 Å². The first kappa shape index (κ1) is 20.9. The van der Waals surface area contributed by atoms with E-state index in [1.165, 1.54) is 33.5 Å². The summed E-state index contributed by atoms with van der Waals surface area (Å²) >= 11 is 0. The molecule has 3 rings (SSSR count). The van der Waals surface area contributed by atoms with Gasteiger partial charge in [0.05, 0.1) is 38.9 Å². The van der Waals surface area contributed by atoms with Gasteiger partial charge >= 0.3 is 5.97 Å². The number of aromatic nitrogens is 2. The monoisotopic (exact) mass is 409 g/mol. The second kappa shape index (κ2) is 10.1. The lowest BCUT2D eigenvalue weighted by Crippen LogP contribution is -2.10. The van der Waals surface area contributed by atoms with Crippen molar-refractivity contribution >= 4 is 11.7 Å². The minimum absolute atomic E-state index is 0.232. The van der Waals surface area contributed by atoms with Crippen molar-refractivity contribution in [3.05, 3.63) is 72.3 Å². The van der Waals surface area contributed by atoms with E-state index in [1.807, 2.05) is 41.1 Å². The van der Waals surface area contributed by atoms with E-state index in [0.29, 0.717) is 35.9 Å². The van der Waals surface area contributed by atoms with Gasteiger partial charge in [0.1, 0.15) is 0 Å². The second-order valence-electron chi connectivity index (χ2n) is 6.25. The topological polar surface area (TPSA) is 84.2 Å². The zero-order valence-electron chi connectivity index (χ0n) is 17.1. The summed E-state index contributed by atoms with van der Waals surface area (Å²) in [6.07, 6.45) is 5.86. The van der Waals surface area contributed by atoms with Crippen LogP contribution < -0.4 is 14.2 Å². The van der Waals surface area contributed by atoms with Crippen LogP contribution >= 0.6 is 0 Å². The van der Waals surface area contributed by atoms with Crippen LogP contribution in [0.5, 0.6) is 17.2 Å². The molecule has 0 aliphatic carbocycles. The summed E-state index contributed by atoms with van der Waals surface area (Å²) in [5, 5.41) is 4.14. The molecule has 0 saturated heterocycles. The van der Waals surface area contributed by atoms with Gasteiger partial charge in [0.2, 0.25) is 5.75 Å². The average molecular weight is 409 g/mol. The number of nitrogens with zero attached hydrogens (tertiary/aromatic N) is 3. The Hall–Kier alpha value is -3.81. The van der Waals surface area contributed by atoms with E-state index in [2.05, 4.69) is 10.1 Å². The molecule has 8 nitrogen and oxygen atoms in total. The van der Waals surface area contributed by atoms with Crippen LogP contribution in [0.2, 0.25) is 0 Å². The summed E-state index contributed by atoms with van der Waals surface area (Å²) in [5.74, 6) is 0.475. The highest BCUT2D eigenvalue weighted by Gasteiger charge is 2.18. The van der Waals surface area contributed by atoms with Gasteiger partial charge in [0, 0.05) is 25.4 Å². The SMILES string of the molecule is COc1cc(C(=O)O/N=C(\CCn2ccnc2)c2ccccc2)cc(OC)c1OC. The van der Waals surface area contributed by atoms with Crippen LogP contribution in [-0.4, -0.2) is 42.6 Å². The van der Waals surface area contributed by atoms with Crippen molar-refractivity contribution in [3.8, 4) is 17.2 Å². The Kier molecular flexibility index (Phi) is 7.05. The summed E-state index contributed by atoms with van der Waals surface area (Å²) in [7, 11) is 4.46. The van der Waals surface area contributed by atoms with E-state index in [9.17, 15) is 4.79 Å². The second-order valence-corrected chi connectivity index (χ2v) is 6.25. The number of hydrogen-bond donors (Lipinski definition) is 0. The van der Waals surface area contributed by atoms with E-state index in [4.69, 9.17) is 19.0 Å². The summed E-state index contributed by atoms with van der Waals surface area (Å²) in [4.78, 5) is 21.9. The summed E-state index contributed by atoms with van der Waals surface area (Å²) in [6.45, 7) is 0.648. The van der Waals surface area contributed by atoms with Crippen LogP contribution in [0.25, 0.3) is 0 Å². The Morgan fingerprint density at radius 2 is 1.70 bits per heavy atom. The Labute approximate surface area is 174 Å². The number of imidazole rings is 1. The van der Waals surface area contributed by atoms with Crippen molar-refractivity contribution in [1.29, 1.82) is 0 Å². The predicted octanol–water partition coefficient (Wildman–Crippen LogP) is 3.56. The maximum atomic E-state index is 12.7. The zero-order chi connectivity index (χ0) is 21.3. The Morgan fingerprint density at radius 1 is 1.00 bits per heavy atom. The fourth-order valence-corrected chi connectivity index (χ4v) is 2.88. The molecule has 0 fully saturated rings. The van der Waals surface area contributed by atoms with E-state index < -0.39 is 5.97 Å². The van der Waals surface area contributed by atoms with Gasteiger partial charge in [-0.25, -0.2) is 9.78 Å². The van der Waals surface area contributed by atoms with Crippen LogP contribution in [0.4, 0.5) is 0 Å². The van der Waals surface area contributed by atoms with Crippen molar-refractivity contribution in [2.45, 2.75) is 13.0 Å². The van der Waals surface area contributed by atoms with Crippen molar-refractivity contribution in [1.82, 2.24) is 9.55 Å². The van der Waals surface area contributed by atoms with Crippen LogP contribution in [-0.2, 0) is 11.4 Å². The molecule has 156 valence electrons. The third-order valence-corrected chi connectivity index (χ3v) is 4.41. The molecular weight excluding hydrogens is 386 g/mol. The normalized spacial score (nSPS) is 11.1. The molecule has 2 aromatic carbocycles. The molecule has 0 N–H and O–H groups in total. The van der Waals surface area contributed by atoms with Crippen LogP contribution in [0, 0.1) is 0 Å². The third-order valence-electron chi connectivity index (χ3n) is 4.41. The molecule has 0 aliphatic rings. The van der Waals surface area contributed by atoms with Crippen molar-refractivity contribution in [2.75, 3.05) is 21.3 Å². The lowest BCUT2D eigenvalue weighted by Gasteiger charge is -2.13. The Bertz CT molecular complexity index is 976. The average Bonchev–Trinajstić information content (AvgIpc) is 3.32. The Morgan fingerprint density at radius 3 is 2.27 bits per heavy atom. The number of rotatable bonds is 9. The van der Waals surface area contributed by atoms with Gasteiger partial charge in [-0.1, -0.05) is 35.5 Å². The van der Waals surface area contributed by atoms with Gasteiger partial charge in [-0.05, 0) is 17.7 Å². The molecule has 0 unspecified atom stereocenters. The van der Waals surface area contributed by atoms with Gasteiger partial charge in [0.15, 0.2) is 11.5 Å². The number of carbonyl (C=O) groups is 1. The number of methoxy groups -OCH3 is 3. The van der Waals surface area contributed by atoms with Crippen LogP contribution in [0.3, 0.4) is 0 Å². The molecule has 0 radical (unpaired) electrons. The largest absolute Gasteiger partial charge is 0.493 e. The van der Waals surface area contributed by atoms with Gasteiger partial charge < -0.3 is 23.6 Å². The summed E-state index contributed by atoms with van der Waals surface area (Å²) in [5.41, 5.74) is 1.75. The smallest absolute Gasteiger partial charge is 0.366 e. The first-order valence-electron chi connectivity index (χ1n) is 9.25. The number of carbonyl (C=O) groups excluding carboxylic acids is 1. The molecule has 3 aromatic rings. The van der Waals surface area contributed by atoms with Crippen LogP contribution in [0.15, 0.2) is 66.3 Å². The summed E-state index contributed by atoms with van der Waals surface area (Å²) in [6, 6.07) is 12.6. The zero-order valence-corrected chi connectivity index (χ0v) is 17.1. The van der Waals surface area contributed by atoms with Crippen LogP contribution in [0.1, 0.15) is 22.3 Å². The van der Waals surface area contributed by atoms with E-state index >= 15 is 0 Å². The van der Waals surface area contributed by atoms with E-state index in [1.54, 1.807) is 12.5 Å². The highest BCUT2D eigenvalue weighted by atomic mass is 16.7. The molecule has 0 aliphatic heterocycles. The lowest BCUT2D eigenvalue weighted by atomic mass is 10.1. The number of aryl methyl sites for hydroxylation is 1. The quantitative estimate of drug-likeness (QED) is 0.305. The van der Waals surface area contributed by atoms with Gasteiger partial charge in [0.25, 0.3) is 0 Å². The third kappa shape index (κ3) is 4.96. The van der Waals surface area contributed by atoms with Gasteiger partial charge in [-0.15, -0.1) is 0 Å². The Balaban J connectivity index is 1.83. The first-order valence-corrected chi connectivity index (χ1v) is 9.25. The molecule has 0 saturated carbocycles. The fraction of sp³-hybridized carbons (Fsp3) is 0.227. The van der Waals surface area contributed by atoms with Gasteiger partial charge in [-0.3, -0.25) is 0 Å². The molecule has 0 bridgehead atoms. The maximum absolute atomic E-state index is 12.7. The first-order chi connectivity index (χ1) is 14.7. The van der Waals surface area contributed by atoms with Crippen molar-refractivity contribution in [3.63, 3.8) is 0 Å². The molecule has 0 spiro atoms.